The Kier molecular flexibility index (Phi) is 3.80. The van der Waals surface area contributed by atoms with Crippen LogP contribution in [0.2, 0.25) is 0 Å². The lowest BCUT2D eigenvalue weighted by Crippen LogP contribution is -2.49. The first-order valence-electron chi connectivity index (χ1n) is 6.27. The molecule has 2 unspecified atom stereocenters. The Labute approximate surface area is 112 Å². The molecule has 2 bridgehead atoms. The van der Waals surface area contributed by atoms with Gasteiger partial charge in [-0.2, -0.15) is 0 Å². The molecule has 1 amide bonds. The SMILES string of the molecule is COC(=O)N(C)CC12C=CC(C[C@H](OC(C)=O)C1)O2. The number of esters is 1. The van der Waals surface area contributed by atoms with Crippen molar-refractivity contribution in [2.24, 2.45) is 0 Å². The van der Waals surface area contributed by atoms with Gasteiger partial charge in [-0.25, -0.2) is 4.79 Å². The van der Waals surface area contributed by atoms with Crippen molar-refractivity contribution in [2.75, 3.05) is 20.7 Å². The van der Waals surface area contributed by atoms with Gasteiger partial charge < -0.3 is 19.1 Å². The highest BCUT2D eigenvalue weighted by molar-refractivity contribution is 5.67. The second-order valence-electron chi connectivity index (χ2n) is 5.08. The lowest BCUT2D eigenvalue weighted by molar-refractivity contribution is -0.162. The molecule has 2 aliphatic heterocycles. The van der Waals surface area contributed by atoms with E-state index in [0.717, 1.165) is 0 Å². The van der Waals surface area contributed by atoms with Crippen LogP contribution >= 0.6 is 0 Å². The van der Waals surface area contributed by atoms with Crippen LogP contribution in [0.1, 0.15) is 19.8 Å². The van der Waals surface area contributed by atoms with Crippen molar-refractivity contribution in [1.82, 2.24) is 4.90 Å². The third kappa shape index (κ3) is 3.07. The van der Waals surface area contributed by atoms with E-state index in [9.17, 15) is 9.59 Å². The number of rotatable bonds is 3. The molecule has 106 valence electrons. The van der Waals surface area contributed by atoms with Gasteiger partial charge in [0.1, 0.15) is 11.7 Å². The van der Waals surface area contributed by atoms with Crippen molar-refractivity contribution >= 4 is 12.1 Å². The molecule has 0 spiro atoms. The summed E-state index contributed by atoms with van der Waals surface area (Å²) >= 11 is 0. The van der Waals surface area contributed by atoms with Gasteiger partial charge in [-0.05, 0) is 0 Å². The molecule has 6 heteroatoms. The highest BCUT2D eigenvalue weighted by atomic mass is 16.6. The van der Waals surface area contributed by atoms with Gasteiger partial charge in [0, 0.05) is 26.8 Å². The van der Waals surface area contributed by atoms with Crippen LogP contribution in [0.25, 0.3) is 0 Å². The highest BCUT2D eigenvalue weighted by Gasteiger charge is 2.45. The Balaban J connectivity index is 2.03. The zero-order valence-electron chi connectivity index (χ0n) is 11.4. The monoisotopic (exact) mass is 269 g/mol. The summed E-state index contributed by atoms with van der Waals surface area (Å²) in [7, 11) is 2.99. The topological polar surface area (TPSA) is 65.1 Å². The minimum atomic E-state index is -0.577. The van der Waals surface area contributed by atoms with E-state index >= 15 is 0 Å². The van der Waals surface area contributed by atoms with E-state index in [1.165, 1.54) is 18.9 Å². The molecule has 0 aromatic rings. The molecule has 0 N–H and O–H groups in total. The van der Waals surface area contributed by atoms with Crippen molar-refractivity contribution < 1.29 is 23.8 Å². The molecule has 2 aliphatic rings. The summed E-state index contributed by atoms with van der Waals surface area (Å²) < 4.78 is 15.9. The number of amides is 1. The smallest absolute Gasteiger partial charge is 0.409 e. The Morgan fingerprint density at radius 2 is 2.26 bits per heavy atom. The third-order valence-corrected chi connectivity index (χ3v) is 3.39. The van der Waals surface area contributed by atoms with Crippen molar-refractivity contribution in [2.45, 2.75) is 37.6 Å². The van der Waals surface area contributed by atoms with E-state index in [2.05, 4.69) is 4.74 Å². The van der Waals surface area contributed by atoms with E-state index in [-0.39, 0.29) is 18.2 Å². The maximum Gasteiger partial charge on any atom is 0.409 e. The molecule has 0 aromatic heterocycles. The summed E-state index contributed by atoms with van der Waals surface area (Å²) in [6, 6.07) is 0. The van der Waals surface area contributed by atoms with Gasteiger partial charge in [-0.15, -0.1) is 0 Å². The van der Waals surface area contributed by atoms with Gasteiger partial charge >= 0.3 is 12.1 Å². The van der Waals surface area contributed by atoms with Gasteiger partial charge in [0.25, 0.3) is 0 Å². The lowest BCUT2D eigenvalue weighted by Gasteiger charge is -2.39. The molecule has 19 heavy (non-hydrogen) atoms. The molecule has 0 radical (unpaired) electrons. The molecule has 1 fully saturated rings. The number of likely N-dealkylation sites (N-methyl/N-ethyl adjacent to an activating group) is 1. The highest BCUT2D eigenvalue weighted by Crippen LogP contribution is 2.38. The van der Waals surface area contributed by atoms with Gasteiger partial charge in [0.15, 0.2) is 0 Å². The van der Waals surface area contributed by atoms with Crippen LogP contribution in [0.5, 0.6) is 0 Å². The minimum Gasteiger partial charge on any atom is -0.462 e. The minimum absolute atomic E-state index is 0.0517. The summed E-state index contributed by atoms with van der Waals surface area (Å²) in [5.74, 6) is -0.289. The predicted molar refractivity (Wildman–Crippen MR) is 66.6 cm³/mol. The van der Waals surface area contributed by atoms with Gasteiger partial charge in [-0.3, -0.25) is 4.79 Å². The van der Waals surface area contributed by atoms with Crippen LogP contribution in [-0.4, -0.2) is 55.5 Å². The Bertz CT molecular complexity index is 408. The van der Waals surface area contributed by atoms with E-state index in [1.54, 1.807) is 7.05 Å². The first-order valence-corrected chi connectivity index (χ1v) is 6.27. The molecular weight excluding hydrogens is 250 g/mol. The summed E-state index contributed by atoms with van der Waals surface area (Å²) in [6.07, 6.45) is 4.52. The third-order valence-electron chi connectivity index (χ3n) is 3.39. The standard InChI is InChI=1S/C13H19NO5/c1-9(15)18-11-6-10-4-5-13(7-11,19-10)8-14(2)12(16)17-3/h4-5,10-11H,6-8H2,1-3H3/t10?,11-,13?/m0/s1. The molecular formula is C13H19NO5. The zero-order chi connectivity index (χ0) is 14.0. The molecule has 0 aliphatic carbocycles. The molecule has 6 nitrogen and oxygen atoms in total. The molecule has 1 saturated heterocycles. The second kappa shape index (κ2) is 5.21. The number of carbonyl (C=O) groups excluding carboxylic acids is 2. The quantitative estimate of drug-likeness (QED) is 0.567. The average molecular weight is 269 g/mol. The van der Waals surface area contributed by atoms with Crippen LogP contribution in [0, 0.1) is 0 Å². The van der Waals surface area contributed by atoms with Crippen molar-refractivity contribution in [3.05, 3.63) is 12.2 Å². The fourth-order valence-corrected chi connectivity index (χ4v) is 2.73. The van der Waals surface area contributed by atoms with Crippen molar-refractivity contribution in [3.8, 4) is 0 Å². The number of hydrogen-bond donors (Lipinski definition) is 0. The van der Waals surface area contributed by atoms with Crippen LogP contribution in [0.4, 0.5) is 4.79 Å². The first kappa shape index (κ1) is 13.9. The average Bonchev–Trinajstić information content (AvgIpc) is 2.62. The van der Waals surface area contributed by atoms with Gasteiger partial charge in [-0.1, -0.05) is 12.2 Å². The number of nitrogens with zero attached hydrogens (tertiary/aromatic N) is 1. The summed E-state index contributed by atoms with van der Waals surface area (Å²) in [6.45, 7) is 1.78. The van der Waals surface area contributed by atoms with Crippen LogP contribution in [-0.2, 0) is 19.0 Å². The number of methoxy groups -OCH3 is 1. The lowest BCUT2D eigenvalue weighted by atomic mass is 9.93. The number of ether oxygens (including phenoxy) is 3. The Hall–Kier alpha value is -1.56. The number of hydrogen-bond acceptors (Lipinski definition) is 5. The summed E-state index contributed by atoms with van der Waals surface area (Å²) in [5, 5.41) is 0. The molecule has 3 atom stereocenters. The molecule has 2 heterocycles. The molecule has 0 saturated carbocycles. The van der Waals surface area contributed by atoms with E-state index < -0.39 is 11.7 Å². The van der Waals surface area contributed by atoms with E-state index in [1.807, 2.05) is 12.2 Å². The summed E-state index contributed by atoms with van der Waals surface area (Å²) in [4.78, 5) is 24.0. The van der Waals surface area contributed by atoms with Crippen LogP contribution in [0.15, 0.2) is 12.2 Å². The number of carbonyl (C=O) groups is 2. The normalized spacial score (nSPS) is 31.9. The van der Waals surface area contributed by atoms with E-state index in [0.29, 0.717) is 19.4 Å². The maximum atomic E-state index is 11.5. The van der Waals surface area contributed by atoms with Crippen molar-refractivity contribution in [1.29, 1.82) is 0 Å². The maximum absolute atomic E-state index is 11.5. The number of fused-ring (bicyclic) bond motifs is 2. The second-order valence-corrected chi connectivity index (χ2v) is 5.08. The van der Waals surface area contributed by atoms with E-state index in [4.69, 9.17) is 9.47 Å². The van der Waals surface area contributed by atoms with Gasteiger partial charge in [0.05, 0.1) is 19.8 Å². The first-order chi connectivity index (χ1) is 8.94. The summed E-state index contributed by atoms with van der Waals surface area (Å²) in [5.41, 5.74) is -0.577. The van der Waals surface area contributed by atoms with Crippen LogP contribution < -0.4 is 0 Å². The van der Waals surface area contributed by atoms with Crippen LogP contribution in [0.3, 0.4) is 0 Å². The molecule has 0 aromatic carbocycles. The van der Waals surface area contributed by atoms with Crippen molar-refractivity contribution in [3.63, 3.8) is 0 Å². The predicted octanol–water partition coefficient (Wildman–Crippen LogP) is 1.10. The Morgan fingerprint density at radius 1 is 1.53 bits per heavy atom. The fourth-order valence-electron chi connectivity index (χ4n) is 2.73. The molecule has 2 rings (SSSR count). The largest absolute Gasteiger partial charge is 0.462 e. The fraction of sp³-hybridized carbons (Fsp3) is 0.692. The van der Waals surface area contributed by atoms with Gasteiger partial charge in [0.2, 0.25) is 0 Å². The zero-order valence-corrected chi connectivity index (χ0v) is 11.4. The Morgan fingerprint density at radius 3 is 2.89 bits per heavy atom.